The Hall–Kier alpha value is -1.45. The van der Waals surface area contributed by atoms with Gasteiger partial charge in [0.15, 0.2) is 0 Å². The molecule has 0 amide bonds. The fourth-order valence-electron chi connectivity index (χ4n) is 0.659. The highest BCUT2D eigenvalue weighted by Gasteiger charge is 2.02. The van der Waals surface area contributed by atoms with Gasteiger partial charge in [0.05, 0.1) is 9.81 Å². The zero-order valence-electron chi connectivity index (χ0n) is 6.95. The van der Waals surface area contributed by atoms with E-state index in [9.17, 15) is 0 Å². The lowest BCUT2D eigenvalue weighted by atomic mass is 10.6. The summed E-state index contributed by atoms with van der Waals surface area (Å²) in [6, 6.07) is 0. The zero-order chi connectivity index (χ0) is 9.52. The maximum atomic E-state index is 5.24. The molecular formula is C10H8O2S. The number of thioether (sulfide) groups is 1. The Morgan fingerprint density at radius 1 is 1.08 bits per heavy atom. The maximum Gasteiger partial charge on any atom is 0.121 e. The van der Waals surface area contributed by atoms with E-state index >= 15 is 0 Å². The molecule has 13 heavy (non-hydrogen) atoms. The Morgan fingerprint density at radius 2 is 1.54 bits per heavy atom. The third-order valence-corrected chi connectivity index (χ3v) is 2.07. The lowest BCUT2D eigenvalue weighted by Crippen LogP contribution is -1.96. The van der Waals surface area contributed by atoms with Crippen LogP contribution in [0.5, 0.6) is 0 Å². The largest absolute Gasteiger partial charge is 0.496 e. The van der Waals surface area contributed by atoms with Crippen molar-refractivity contribution in [1.29, 1.82) is 0 Å². The van der Waals surface area contributed by atoms with Crippen LogP contribution in [0.3, 0.4) is 0 Å². The molecule has 3 heteroatoms. The van der Waals surface area contributed by atoms with E-state index in [1.165, 1.54) is 24.3 Å². The third-order valence-electron chi connectivity index (χ3n) is 1.20. The van der Waals surface area contributed by atoms with Crippen LogP contribution in [0, 0.1) is 24.7 Å². The molecule has 0 fully saturated rings. The Labute approximate surface area is 82.0 Å². The number of rotatable bonds is 0. The van der Waals surface area contributed by atoms with Crippen LogP contribution in [-0.4, -0.2) is 13.2 Å². The van der Waals surface area contributed by atoms with Crippen molar-refractivity contribution in [2.24, 2.45) is 0 Å². The van der Waals surface area contributed by atoms with Crippen molar-refractivity contribution in [2.45, 2.75) is 0 Å². The average Bonchev–Trinajstić information content (AvgIpc) is 2.28. The topological polar surface area (TPSA) is 18.5 Å². The molecule has 0 unspecified atom stereocenters. The number of hydrogen-bond donors (Lipinski definition) is 0. The van der Waals surface area contributed by atoms with Gasteiger partial charge in [-0.2, -0.15) is 0 Å². The predicted molar refractivity (Wildman–Crippen MR) is 53.3 cm³/mol. The molecule has 0 N–H and O–H groups in total. The number of ether oxygens (including phenoxy) is 2. The first-order valence-corrected chi connectivity index (χ1v) is 4.43. The lowest BCUT2D eigenvalue weighted by Gasteiger charge is -1.98. The van der Waals surface area contributed by atoms with E-state index in [1.807, 2.05) is 0 Å². The molecule has 0 aromatic heterocycles. The highest BCUT2D eigenvalue weighted by Crippen LogP contribution is 2.24. The first kappa shape index (κ1) is 9.64. The van der Waals surface area contributed by atoms with Crippen molar-refractivity contribution >= 4 is 11.8 Å². The second kappa shape index (κ2) is 5.24. The third kappa shape index (κ3) is 3.19. The molecule has 0 aliphatic carbocycles. The highest BCUT2D eigenvalue weighted by atomic mass is 32.2. The molecule has 0 saturated heterocycles. The van der Waals surface area contributed by atoms with Crippen LogP contribution in [0.2, 0.25) is 0 Å². The molecule has 0 aromatic rings. The second-order valence-electron chi connectivity index (χ2n) is 2.10. The molecular weight excluding hydrogens is 184 g/mol. The highest BCUT2D eigenvalue weighted by molar-refractivity contribution is 8.07. The van der Waals surface area contributed by atoms with Gasteiger partial charge < -0.3 is 9.47 Å². The molecule has 0 bridgehead atoms. The zero-order valence-corrected chi connectivity index (χ0v) is 7.76. The van der Waals surface area contributed by atoms with Crippen LogP contribution in [0.25, 0.3) is 0 Å². The van der Waals surface area contributed by atoms with Crippen molar-refractivity contribution in [3.05, 3.63) is 22.3 Å². The van der Waals surface area contributed by atoms with Gasteiger partial charge in [-0.1, -0.05) is 23.6 Å². The van der Waals surface area contributed by atoms with E-state index in [4.69, 9.17) is 22.3 Å². The fraction of sp³-hybridized carbons (Fsp3) is 0.200. The minimum Gasteiger partial charge on any atom is -0.496 e. The number of hydrogen-bond acceptors (Lipinski definition) is 3. The van der Waals surface area contributed by atoms with Crippen LogP contribution >= 0.6 is 11.8 Å². The molecule has 0 saturated carbocycles. The van der Waals surface area contributed by atoms with Gasteiger partial charge in [-0.05, 0) is 0 Å². The Kier molecular flexibility index (Phi) is 3.88. The van der Waals surface area contributed by atoms with Gasteiger partial charge in [0.2, 0.25) is 0 Å². The van der Waals surface area contributed by atoms with E-state index in [2.05, 4.69) is 11.8 Å². The molecule has 1 heterocycles. The summed E-state index contributed by atoms with van der Waals surface area (Å²) in [5, 5.41) is 0. The quantitative estimate of drug-likeness (QED) is 0.544. The number of allylic oxidation sites excluding steroid dienone is 2. The van der Waals surface area contributed by atoms with E-state index in [1.54, 1.807) is 0 Å². The Balaban J connectivity index is 2.77. The molecule has 1 aliphatic rings. The smallest absolute Gasteiger partial charge is 0.121 e. The standard InChI is InChI=1S/C10H8O2S/c1-3-9-7-11-5-6-12-8-10(4-2)13-9/h1-2,7-8H,5-6H2/b9-7-,10-8-. The average molecular weight is 192 g/mol. The van der Waals surface area contributed by atoms with Crippen LogP contribution in [0.15, 0.2) is 22.3 Å². The number of terminal acetylenes is 2. The summed E-state index contributed by atoms with van der Waals surface area (Å²) in [4.78, 5) is 1.30. The van der Waals surface area contributed by atoms with E-state index in [0.29, 0.717) is 23.0 Å². The summed E-state index contributed by atoms with van der Waals surface area (Å²) in [7, 11) is 0. The molecule has 0 radical (unpaired) electrons. The van der Waals surface area contributed by atoms with Crippen molar-refractivity contribution in [3.8, 4) is 24.7 Å². The summed E-state index contributed by atoms with van der Waals surface area (Å²) in [6.45, 7) is 0.945. The minimum absolute atomic E-state index is 0.472. The maximum absolute atomic E-state index is 5.24. The Morgan fingerprint density at radius 3 is 1.92 bits per heavy atom. The van der Waals surface area contributed by atoms with Gasteiger partial charge in [-0.3, -0.25) is 0 Å². The van der Waals surface area contributed by atoms with E-state index < -0.39 is 0 Å². The monoisotopic (exact) mass is 192 g/mol. The van der Waals surface area contributed by atoms with Crippen molar-refractivity contribution in [3.63, 3.8) is 0 Å². The van der Waals surface area contributed by atoms with Crippen LogP contribution in [0.1, 0.15) is 0 Å². The van der Waals surface area contributed by atoms with Gasteiger partial charge in [0.25, 0.3) is 0 Å². The summed E-state index contributed by atoms with van der Waals surface area (Å²) in [5.74, 6) is 4.94. The van der Waals surface area contributed by atoms with Gasteiger partial charge >= 0.3 is 0 Å². The van der Waals surface area contributed by atoms with Crippen molar-refractivity contribution < 1.29 is 9.47 Å². The van der Waals surface area contributed by atoms with Crippen LogP contribution in [0.4, 0.5) is 0 Å². The minimum atomic E-state index is 0.472. The summed E-state index contributed by atoms with van der Waals surface area (Å²) < 4.78 is 10.2. The molecule has 0 spiro atoms. The summed E-state index contributed by atoms with van der Waals surface area (Å²) >= 11 is 1.28. The molecule has 1 rings (SSSR count). The first-order chi connectivity index (χ1) is 6.36. The van der Waals surface area contributed by atoms with Crippen LogP contribution in [-0.2, 0) is 9.47 Å². The molecule has 0 aromatic carbocycles. The van der Waals surface area contributed by atoms with Crippen molar-refractivity contribution in [2.75, 3.05) is 13.2 Å². The Bertz CT molecular complexity index is 283. The molecule has 66 valence electrons. The summed E-state index contributed by atoms with van der Waals surface area (Å²) in [5.41, 5.74) is 0. The van der Waals surface area contributed by atoms with E-state index in [-0.39, 0.29) is 0 Å². The molecule has 0 atom stereocenters. The normalized spacial score (nSPS) is 24.8. The van der Waals surface area contributed by atoms with Crippen molar-refractivity contribution in [1.82, 2.24) is 0 Å². The SMILES string of the molecule is C#C/C1=C/OCCO/C=C(/C#C)S1. The van der Waals surface area contributed by atoms with Gasteiger partial charge in [-0.25, -0.2) is 0 Å². The predicted octanol–water partition coefficient (Wildman–Crippen LogP) is 1.72. The first-order valence-electron chi connectivity index (χ1n) is 3.61. The van der Waals surface area contributed by atoms with Gasteiger partial charge in [0.1, 0.15) is 25.7 Å². The van der Waals surface area contributed by atoms with Crippen LogP contribution < -0.4 is 0 Å². The lowest BCUT2D eigenvalue weighted by molar-refractivity contribution is 0.150. The second-order valence-corrected chi connectivity index (χ2v) is 3.18. The summed E-state index contributed by atoms with van der Waals surface area (Å²) in [6.07, 6.45) is 13.5. The van der Waals surface area contributed by atoms with Gasteiger partial charge in [0, 0.05) is 0 Å². The molecule has 2 nitrogen and oxygen atoms in total. The van der Waals surface area contributed by atoms with E-state index in [0.717, 1.165) is 0 Å². The fourth-order valence-corrected chi connectivity index (χ4v) is 1.25. The molecule has 1 aliphatic heterocycles. The van der Waals surface area contributed by atoms with Gasteiger partial charge in [-0.15, -0.1) is 12.8 Å².